The lowest BCUT2D eigenvalue weighted by Crippen LogP contribution is -2.37. The predicted octanol–water partition coefficient (Wildman–Crippen LogP) is 1.64. The molecular weight excluding hydrogens is 224 g/mol. The zero-order valence-corrected chi connectivity index (χ0v) is 10.7. The number of hydrogen-bond donors (Lipinski definition) is 0. The van der Waals surface area contributed by atoms with Crippen molar-refractivity contribution in [3.8, 4) is 0 Å². The zero-order valence-electron chi connectivity index (χ0n) is 9.92. The summed E-state index contributed by atoms with van der Waals surface area (Å²) in [6.45, 7) is 5.81. The number of hydrogen-bond acceptors (Lipinski definition) is 3. The van der Waals surface area contributed by atoms with Gasteiger partial charge in [-0.1, -0.05) is 6.07 Å². The van der Waals surface area contributed by atoms with Crippen LogP contribution in [0.3, 0.4) is 0 Å². The molecule has 0 bridgehead atoms. The lowest BCUT2D eigenvalue weighted by molar-refractivity contribution is 0.348. The van der Waals surface area contributed by atoms with Gasteiger partial charge in [0.15, 0.2) is 0 Å². The van der Waals surface area contributed by atoms with E-state index in [-0.39, 0.29) is 11.8 Å². The van der Waals surface area contributed by atoms with Crippen LogP contribution in [-0.2, 0) is 16.6 Å². The molecule has 0 N–H and O–H groups in total. The van der Waals surface area contributed by atoms with E-state index < -0.39 is 10.0 Å². The van der Waals surface area contributed by atoms with Gasteiger partial charge in [-0.25, -0.2) is 8.42 Å². The molecule has 0 unspecified atom stereocenters. The highest BCUT2D eigenvalue weighted by Crippen LogP contribution is 2.12. The highest BCUT2D eigenvalue weighted by molar-refractivity contribution is 7.89. The van der Waals surface area contributed by atoms with Crippen molar-refractivity contribution in [2.45, 2.75) is 33.4 Å². The fourth-order valence-corrected chi connectivity index (χ4v) is 2.76. The van der Waals surface area contributed by atoms with Crippen LogP contribution in [-0.4, -0.2) is 29.5 Å². The van der Waals surface area contributed by atoms with Crippen molar-refractivity contribution >= 4 is 10.0 Å². The van der Waals surface area contributed by atoms with Crippen molar-refractivity contribution in [3.05, 3.63) is 30.1 Å². The van der Waals surface area contributed by atoms with Crippen LogP contribution in [0.1, 0.15) is 26.3 Å². The molecule has 1 heterocycles. The largest absolute Gasteiger partial charge is 0.264 e. The summed E-state index contributed by atoms with van der Waals surface area (Å²) in [6.07, 6.45) is 3.37. The Morgan fingerprint density at radius 1 is 1.44 bits per heavy atom. The Balaban J connectivity index is 2.90. The standard InChI is InChI=1S/C11H18N2O2S/c1-4-16(14,15)13(10(2)3)9-11-6-5-7-12-8-11/h5-8,10H,4,9H2,1-3H3. The molecule has 1 rings (SSSR count). The van der Waals surface area contributed by atoms with Crippen molar-refractivity contribution in [1.29, 1.82) is 0 Å². The van der Waals surface area contributed by atoms with Crippen LogP contribution in [0.4, 0.5) is 0 Å². The molecule has 0 aliphatic rings. The Kier molecular flexibility index (Phi) is 4.44. The number of pyridine rings is 1. The fraction of sp³-hybridized carbons (Fsp3) is 0.545. The third kappa shape index (κ3) is 3.28. The van der Waals surface area contributed by atoms with E-state index in [1.54, 1.807) is 19.3 Å². The van der Waals surface area contributed by atoms with Gasteiger partial charge in [0.05, 0.1) is 5.75 Å². The molecule has 0 saturated carbocycles. The molecular formula is C11H18N2O2S. The summed E-state index contributed by atoms with van der Waals surface area (Å²) >= 11 is 0. The van der Waals surface area contributed by atoms with Crippen LogP contribution in [0.2, 0.25) is 0 Å². The van der Waals surface area contributed by atoms with Crippen molar-refractivity contribution < 1.29 is 8.42 Å². The van der Waals surface area contributed by atoms with Gasteiger partial charge in [0.1, 0.15) is 0 Å². The van der Waals surface area contributed by atoms with E-state index >= 15 is 0 Å². The van der Waals surface area contributed by atoms with E-state index in [0.29, 0.717) is 6.54 Å². The molecule has 0 atom stereocenters. The lowest BCUT2D eigenvalue weighted by atomic mass is 10.2. The first-order valence-electron chi connectivity index (χ1n) is 5.35. The van der Waals surface area contributed by atoms with Crippen LogP contribution in [0, 0.1) is 0 Å². The van der Waals surface area contributed by atoms with E-state index in [4.69, 9.17) is 0 Å². The molecule has 0 radical (unpaired) electrons. The summed E-state index contributed by atoms with van der Waals surface area (Å²) in [6, 6.07) is 3.66. The van der Waals surface area contributed by atoms with E-state index in [2.05, 4.69) is 4.98 Å². The second kappa shape index (κ2) is 5.41. The van der Waals surface area contributed by atoms with Crippen LogP contribution in [0.5, 0.6) is 0 Å². The Bertz CT molecular complexity index is 415. The molecule has 4 nitrogen and oxygen atoms in total. The minimum absolute atomic E-state index is 0.0369. The first-order valence-corrected chi connectivity index (χ1v) is 6.96. The third-order valence-corrected chi connectivity index (χ3v) is 4.35. The van der Waals surface area contributed by atoms with Gasteiger partial charge >= 0.3 is 0 Å². The summed E-state index contributed by atoms with van der Waals surface area (Å²) in [5, 5.41) is 0. The Labute approximate surface area is 97.4 Å². The number of rotatable bonds is 5. The van der Waals surface area contributed by atoms with Crippen molar-refractivity contribution in [1.82, 2.24) is 9.29 Å². The first-order chi connectivity index (χ1) is 7.47. The molecule has 0 aliphatic heterocycles. The molecule has 0 fully saturated rings. The first kappa shape index (κ1) is 13.1. The smallest absolute Gasteiger partial charge is 0.214 e. The van der Waals surface area contributed by atoms with E-state index in [1.807, 2.05) is 26.0 Å². The predicted molar refractivity (Wildman–Crippen MR) is 64.4 cm³/mol. The second-order valence-electron chi connectivity index (χ2n) is 3.90. The molecule has 1 aromatic heterocycles. The molecule has 16 heavy (non-hydrogen) atoms. The highest BCUT2D eigenvalue weighted by Gasteiger charge is 2.22. The van der Waals surface area contributed by atoms with Gasteiger partial charge in [-0.05, 0) is 32.4 Å². The topological polar surface area (TPSA) is 50.3 Å². The monoisotopic (exact) mass is 242 g/mol. The second-order valence-corrected chi connectivity index (χ2v) is 6.11. The van der Waals surface area contributed by atoms with Gasteiger partial charge < -0.3 is 0 Å². The average molecular weight is 242 g/mol. The van der Waals surface area contributed by atoms with Crippen LogP contribution in [0.25, 0.3) is 0 Å². The van der Waals surface area contributed by atoms with E-state index in [1.165, 1.54) is 4.31 Å². The molecule has 5 heteroatoms. The summed E-state index contributed by atoms with van der Waals surface area (Å²) < 4.78 is 25.2. The van der Waals surface area contributed by atoms with Gasteiger partial charge in [-0.15, -0.1) is 0 Å². The SMILES string of the molecule is CCS(=O)(=O)N(Cc1cccnc1)C(C)C. The van der Waals surface area contributed by atoms with Crippen LogP contribution in [0.15, 0.2) is 24.5 Å². The van der Waals surface area contributed by atoms with E-state index in [0.717, 1.165) is 5.56 Å². The quantitative estimate of drug-likeness (QED) is 0.788. The Morgan fingerprint density at radius 2 is 2.12 bits per heavy atom. The van der Waals surface area contributed by atoms with Gasteiger partial charge in [0.25, 0.3) is 0 Å². The van der Waals surface area contributed by atoms with Gasteiger partial charge in [0, 0.05) is 25.0 Å². The lowest BCUT2D eigenvalue weighted by Gasteiger charge is -2.25. The fourth-order valence-electron chi connectivity index (χ4n) is 1.44. The van der Waals surface area contributed by atoms with E-state index in [9.17, 15) is 8.42 Å². The molecule has 0 amide bonds. The molecule has 0 saturated heterocycles. The van der Waals surface area contributed by atoms with Crippen molar-refractivity contribution in [3.63, 3.8) is 0 Å². The minimum Gasteiger partial charge on any atom is -0.264 e. The molecule has 0 aliphatic carbocycles. The molecule has 0 aromatic carbocycles. The zero-order chi connectivity index (χ0) is 12.2. The average Bonchev–Trinajstić information content (AvgIpc) is 2.26. The van der Waals surface area contributed by atoms with Gasteiger partial charge in [0.2, 0.25) is 10.0 Å². The van der Waals surface area contributed by atoms with Gasteiger partial charge in [-0.3, -0.25) is 4.98 Å². The maximum atomic E-state index is 11.9. The number of aromatic nitrogens is 1. The van der Waals surface area contributed by atoms with Crippen molar-refractivity contribution in [2.24, 2.45) is 0 Å². The van der Waals surface area contributed by atoms with Crippen molar-refractivity contribution in [2.75, 3.05) is 5.75 Å². The maximum Gasteiger partial charge on any atom is 0.214 e. The van der Waals surface area contributed by atoms with Crippen LogP contribution >= 0.6 is 0 Å². The highest BCUT2D eigenvalue weighted by atomic mass is 32.2. The summed E-state index contributed by atoms with van der Waals surface area (Å²) in [5.74, 6) is 0.130. The normalized spacial score (nSPS) is 12.3. The summed E-state index contributed by atoms with van der Waals surface area (Å²) in [4.78, 5) is 3.98. The maximum absolute atomic E-state index is 11.9. The summed E-state index contributed by atoms with van der Waals surface area (Å²) in [7, 11) is -3.15. The third-order valence-electron chi connectivity index (χ3n) is 2.36. The molecule has 0 spiro atoms. The Morgan fingerprint density at radius 3 is 2.56 bits per heavy atom. The Hall–Kier alpha value is -0.940. The number of sulfonamides is 1. The minimum atomic E-state index is -3.15. The van der Waals surface area contributed by atoms with Crippen LogP contribution < -0.4 is 0 Å². The summed E-state index contributed by atoms with van der Waals surface area (Å²) in [5.41, 5.74) is 0.910. The molecule has 90 valence electrons. The molecule has 1 aromatic rings. The number of nitrogens with zero attached hydrogens (tertiary/aromatic N) is 2. The van der Waals surface area contributed by atoms with Gasteiger partial charge in [-0.2, -0.15) is 4.31 Å².